The van der Waals surface area contributed by atoms with Crippen LogP contribution in [0.1, 0.15) is 22.3 Å². The number of rotatable bonds is 7. The van der Waals surface area contributed by atoms with Crippen molar-refractivity contribution in [3.8, 4) is 0 Å². The number of likely N-dealkylation sites (tertiary alicyclic amines) is 1. The van der Waals surface area contributed by atoms with E-state index in [0.717, 1.165) is 10.6 Å². The van der Waals surface area contributed by atoms with Crippen LogP contribution in [-0.2, 0) is 15.3 Å². The fraction of sp³-hybridized carbons (Fsp3) is 0.333. The number of hydrogen-bond acceptors (Lipinski definition) is 4. The Labute approximate surface area is 163 Å². The molecule has 27 heavy (non-hydrogen) atoms. The van der Waals surface area contributed by atoms with Crippen molar-refractivity contribution in [2.24, 2.45) is 5.41 Å². The van der Waals surface area contributed by atoms with Crippen LogP contribution in [0.3, 0.4) is 0 Å². The molecule has 0 spiro atoms. The van der Waals surface area contributed by atoms with Crippen LogP contribution in [0.15, 0.2) is 59.5 Å². The number of hydrogen-bond donors (Lipinski definition) is 1. The predicted octanol–water partition coefficient (Wildman–Crippen LogP) is 3.54. The van der Waals surface area contributed by atoms with Crippen molar-refractivity contribution >= 4 is 23.6 Å². The second-order valence-electron chi connectivity index (χ2n) is 6.79. The maximum absolute atomic E-state index is 12.7. The molecule has 1 aliphatic rings. The second-order valence-corrected chi connectivity index (χ2v) is 7.84. The highest BCUT2D eigenvalue weighted by molar-refractivity contribution is 7.98. The molecule has 5 nitrogen and oxygen atoms in total. The fourth-order valence-electron chi connectivity index (χ4n) is 3.29. The van der Waals surface area contributed by atoms with Crippen molar-refractivity contribution in [1.82, 2.24) is 4.90 Å². The number of carboxylic acid groups (broad SMARTS) is 1. The van der Waals surface area contributed by atoms with Crippen LogP contribution in [0.4, 0.5) is 0 Å². The van der Waals surface area contributed by atoms with Gasteiger partial charge < -0.3 is 14.7 Å². The number of nitrogens with zero attached hydrogens (tertiary/aromatic N) is 1. The molecule has 0 bridgehead atoms. The van der Waals surface area contributed by atoms with Crippen molar-refractivity contribution < 1.29 is 19.4 Å². The smallest absolute Gasteiger partial charge is 0.313 e. The number of benzene rings is 2. The molecule has 0 radical (unpaired) electrons. The topological polar surface area (TPSA) is 66.8 Å². The van der Waals surface area contributed by atoms with E-state index in [1.165, 1.54) is 12.7 Å². The number of thioether (sulfide) groups is 1. The summed E-state index contributed by atoms with van der Waals surface area (Å²) in [5.74, 6) is -0.167. The predicted molar refractivity (Wildman–Crippen MR) is 105 cm³/mol. The van der Waals surface area contributed by atoms with Gasteiger partial charge in [0.1, 0.15) is 5.41 Å². The van der Waals surface area contributed by atoms with Gasteiger partial charge in [-0.3, -0.25) is 9.59 Å². The molecule has 2 aromatic carbocycles. The normalized spacial score (nSPS) is 19.2. The quantitative estimate of drug-likeness (QED) is 0.739. The standard InChI is InChI=1S/C21H23NO4S/c1-26-15-21(20(24)25)11-12-22(14-21)19(23)17-7-9-18(10-8-17)27-13-16-5-3-2-4-6-16/h2-10H,11-15H2,1H3,(H,24,25). The lowest BCUT2D eigenvalue weighted by molar-refractivity contribution is -0.151. The van der Waals surface area contributed by atoms with Gasteiger partial charge in [0.15, 0.2) is 0 Å². The summed E-state index contributed by atoms with van der Waals surface area (Å²) < 4.78 is 5.08. The summed E-state index contributed by atoms with van der Waals surface area (Å²) in [5.41, 5.74) is 0.830. The first kappa shape index (κ1) is 19.5. The molecule has 142 valence electrons. The van der Waals surface area contributed by atoms with E-state index in [4.69, 9.17) is 4.74 Å². The summed E-state index contributed by atoms with van der Waals surface area (Å²) in [7, 11) is 1.49. The number of methoxy groups -OCH3 is 1. The molecule has 1 atom stereocenters. The number of carbonyl (C=O) groups is 2. The van der Waals surface area contributed by atoms with Crippen molar-refractivity contribution in [2.45, 2.75) is 17.1 Å². The van der Waals surface area contributed by atoms with Crippen LogP contribution in [0.5, 0.6) is 0 Å². The van der Waals surface area contributed by atoms with Gasteiger partial charge in [0.2, 0.25) is 0 Å². The first-order chi connectivity index (χ1) is 13.0. The third kappa shape index (κ3) is 4.51. The summed E-state index contributed by atoms with van der Waals surface area (Å²) >= 11 is 1.72. The Morgan fingerprint density at radius 2 is 1.85 bits per heavy atom. The van der Waals surface area contributed by atoms with Gasteiger partial charge >= 0.3 is 5.97 Å². The molecule has 1 saturated heterocycles. The highest BCUT2D eigenvalue weighted by Gasteiger charge is 2.46. The number of carboxylic acids is 1. The minimum Gasteiger partial charge on any atom is -0.481 e. The van der Waals surface area contributed by atoms with Crippen molar-refractivity contribution in [3.05, 3.63) is 65.7 Å². The van der Waals surface area contributed by atoms with E-state index in [-0.39, 0.29) is 19.1 Å². The molecule has 1 N–H and O–H groups in total. The number of amides is 1. The minimum absolute atomic E-state index is 0.112. The lowest BCUT2D eigenvalue weighted by atomic mass is 9.88. The summed E-state index contributed by atoms with van der Waals surface area (Å²) in [5, 5.41) is 9.53. The van der Waals surface area contributed by atoms with E-state index in [1.807, 2.05) is 42.5 Å². The number of aliphatic carboxylic acids is 1. The molecular formula is C21H23NO4S. The summed E-state index contributed by atoms with van der Waals surface area (Å²) in [6.07, 6.45) is 0.410. The summed E-state index contributed by atoms with van der Waals surface area (Å²) in [6, 6.07) is 17.7. The molecule has 2 aromatic rings. The van der Waals surface area contributed by atoms with Gasteiger partial charge in [0.05, 0.1) is 6.61 Å². The molecule has 1 unspecified atom stereocenters. The zero-order valence-corrected chi connectivity index (χ0v) is 16.1. The molecule has 1 fully saturated rings. The maximum atomic E-state index is 12.7. The van der Waals surface area contributed by atoms with E-state index in [9.17, 15) is 14.7 Å². The van der Waals surface area contributed by atoms with Gasteiger partial charge in [-0.2, -0.15) is 0 Å². The van der Waals surface area contributed by atoms with Gasteiger partial charge in [-0.15, -0.1) is 11.8 Å². The van der Waals surface area contributed by atoms with E-state index in [2.05, 4.69) is 12.1 Å². The number of ether oxygens (including phenoxy) is 1. The Bertz CT molecular complexity index is 794. The third-order valence-corrected chi connectivity index (χ3v) is 5.95. The molecule has 1 aliphatic heterocycles. The number of carbonyl (C=O) groups excluding carboxylic acids is 1. The highest BCUT2D eigenvalue weighted by Crippen LogP contribution is 2.32. The molecule has 3 rings (SSSR count). The van der Waals surface area contributed by atoms with Gasteiger partial charge in [-0.25, -0.2) is 0 Å². The van der Waals surface area contributed by atoms with Crippen LogP contribution in [0.25, 0.3) is 0 Å². The third-order valence-electron chi connectivity index (χ3n) is 4.86. The zero-order chi connectivity index (χ0) is 19.3. The second kappa shape index (κ2) is 8.59. The van der Waals surface area contributed by atoms with Crippen molar-refractivity contribution in [3.63, 3.8) is 0 Å². The van der Waals surface area contributed by atoms with Crippen LogP contribution >= 0.6 is 11.8 Å². The monoisotopic (exact) mass is 385 g/mol. The van der Waals surface area contributed by atoms with Gasteiger partial charge in [-0.1, -0.05) is 30.3 Å². The van der Waals surface area contributed by atoms with Crippen LogP contribution < -0.4 is 0 Å². The van der Waals surface area contributed by atoms with Gasteiger partial charge in [0.25, 0.3) is 5.91 Å². The van der Waals surface area contributed by atoms with Crippen molar-refractivity contribution in [2.75, 3.05) is 26.8 Å². The van der Waals surface area contributed by atoms with Crippen molar-refractivity contribution in [1.29, 1.82) is 0 Å². The SMILES string of the molecule is COCC1(C(=O)O)CCN(C(=O)c2ccc(SCc3ccccc3)cc2)C1. The lowest BCUT2D eigenvalue weighted by Gasteiger charge is -2.23. The zero-order valence-electron chi connectivity index (χ0n) is 15.3. The van der Waals surface area contributed by atoms with Crippen LogP contribution in [0.2, 0.25) is 0 Å². The molecule has 6 heteroatoms. The van der Waals surface area contributed by atoms with Gasteiger partial charge in [0, 0.05) is 36.4 Å². The molecular weight excluding hydrogens is 362 g/mol. The maximum Gasteiger partial charge on any atom is 0.313 e. The first-order valence-corrected chi connectivity index (χ1v) is 9.81. The lowest BCUT2D eigenvalue weighted by Crippen LogP contribution is -2.40. The van der Waals surface area contributed by atoms with E-state index < -0.39 is 11.4 Å². The molecule has 0 saturated carbocycles. The largest absolute Gasteiger partial charge is 0.481 e. The van der Waals surface area contributed by atoms with Crippen LogP contribution in [-0.4, -0.2) is 48.7 Å². The van der Waals surface area contributed by atoms with E-state index >= 15 is 0 Å². The average molecular weight is 385 g/mol. The Kier molecular flexibility index (Phi) is 6.19. The van der Waals surface area contributed by atoms with E-state index in [0.29, 0.717) is 18.5 Å². The molecule has 0 aliphatic carbocycles. The minimum atomic E-state index is -1.00. The first-order valence-electron chi connectivity index (χ1n) is 8.82. The van der Waals surface area contributed by atoms with Crippen LogP contribution in [0, 0.1) is 5.41 Å². The molecule has 0 aromatic heterocycles. The summed E-state index contributed by atoms with van der Waals surface area (Å²) in [6.45, 7) is 0.722. The average Bonchev–Trinajstić information content (AvgIpc) is 3.13. The Hall–Kier alpha value is -2.31. The Morgan fingerprint density at radius 1 is 1.15 bits per heavy atom. The highest BCUT2D eigenvalue weighted by atomic mass is 32.2. The Morgan fingerprint density at radius 3 is 2.48 bits per heavy atom. The fourth-order valence-corrected chi connectivity index (χ4v) is 4.15. The van der Waals surface area contributed by atoms with E-state index in [1.54, 1.807) is 16.7 Å². The Balaban J connectivity index is 1.61. The molecule has 1 heterocycles. The van der Waals surface area contributed by atoms with Gasteiger partial charge in [-0.05, 0) is 36.2 Å². The molecule has 1 amide bonds. The summed E-state index contributed by atoms with van der Waals surface area (Å²) in [4.78, 5) is 27.1.